The zero-order valence-electron chi connectivity index (χ0n) is 13.5. The van der Waals surface area contributed by atoms with Crippen molar-refractivity contribution in [2.75, 3.05) is 7.11 Å². The summed E-state index contributed by atoms with van der Waals surface area (Å²) in [6, 6.07) is 10.5. The van der Waals surface area contributed by atoms with Crippen LogP contribution >= 0.6 is 22.9 Å². The summed E-state index contributed by atoms with van der Waals surface area (Å²) in [4.78, 5) is 29.7. The first kappa shape index (κ1) is 17.6. The molecule has 0 saturated heterocycles. The molecule has 25 heavy (non-hydrogen) atoms. The minimum atomic E-state index is -0.374. The van der Waals surface area contributed by atoms with Crippen LogP contribution in [0.3, 0.4) is 0 Å². The van der Waals surface area contributed by atoms with Crippen molar-refractivity contribution in [3.8, 4) is 0 Å². The first-order chi connectivity index (χ1) is 12.1. The fourth-order valence-electron chi connectivity index (χ4n) is 2.55. The molecule has 0 aliphatic carbocycles. The molecule has 1 atom stereocenters. The highest BCUT2D eigenvalue weighted by Crippen LogP contribution is 2.25. The Labute approximate surface area is 154 Å². The van der Waals surface area contributed by atoms with E-state index in [1.807, 2.05) is 12.1 Å². The Bertz CT molecular complexity index is 813. The Morgan fingerprint density at radius 3 is 2.68 bits per heavy atom. The van der Waals surface area contributed by atoms with Crippen LogP contribution in [0, 0.1) is 0 Å². The molecule has 0 N–H and O–H groups in total. The van der Waals surface area contributed by atoms with Gasteiger partial charge in [0, 0.05) is 12.8 Å². The van der Waals surface area contributed by atoms with E-state index >= 15 is 0 Å². The number of rotatable bonds is 6. The van der Waals surface area contributed by atoms with Crippen molar-refractivity contribution in [2.45, 2.75) is 25.4 Å². The number of nitrogens with zero attached hydrogens (tertiary/aromatic N) is 1. The van der Waals surface area contributed by atoms with Crippen molar-refractivity contribution >= 4 is 40.4 Å². The number of methoxy groups -OCH3 is 1. The number of carbonyl (C=O) groups excluding carboxylic acids is 2. The fraction of sp³-hybridized carbons (Fsp3) is 0.278. The molecular weight excluding hydrogens is 362 g/mol. The number of oxime groups is 1. The lowest BCUT2D eigenvalue weighted by Gasteiger charge is -2.06. The minimum Gasteiger partial charge on any atom is -0.465 e. The van der Waals surface area contributed by atoms with Gasteiger partial charge in [-0.2, -0.15) is 0 Å². The van der Waals surface area contributed by atoms with Crippen LogP contribution in [0.4, 0.5) is 0 Å². The van der Waals surface area contributed by atoms with E-state index in [-0.39, 0.29) is 17.9 Å². The third-order valence-electron chi connectivity index (χ3n) is 3.91. The van der Waals surface area contributed by atoms with Gasteiger partial charge in [0.25, 0.3) is 0 Å². The molecule has 3 rings (SSSR count). The predicted molar refractivity (Wildman–Crippen MR) is 96.7 cm³/mol. The second-order valence-corrected chi connectivity index (χ2v) is 7.32. The van der Waals surface area contributed by atoms with Crippen LogP contribution in [0.1, 0.15) is 44.9 Å². The third kappa shape index (κ3) is 4.27. The quantitative estimate of drug-likeness (QED) is 0.554. The minimum absolute atomic E-state index is 0.0661. The van der Waals surface area contributed by atoms with Crippen molar-refractivity contribution in [1.82, 2.24) is 0 Å². The molecule has 1 aromatic carbocycles. The molecule has 2 heterocycles. The summed E-state index contributed by atoms with van der Waals surface area (Å²) in [7, 11) is 1.35. The molecule has 130 valence electrons. The van der Waals surface area contributed by atoms with Gasteiger partial charge in [0.1, 0.15) is 6.10 Å². The molecular formula is C18H16ClNO4S. The highest BCUT2D eigenvalue weighted by molar-refractivity contribution is 7.18. The Morgan fingerprint density at radius 2 is 2.04 bits per heavy atom. The largest absolute Gasteiger partial charge is 0.465 e. The maximum Gasteiger partial charge on any atom is 0.337 e. The molecule has 0 fully saturated rings. The lowest BCUT2D eigenvalue weighted by Crippen LogP contribution is -2.11. The summed E-state index contributed by atoms with van der Waals surface area (Å²) in [6.07, 6.45) is 1.51. The predicted octanol–water partition coefficient (Wildman–Crippen LogP) is 4.34. The van der Waals surface area contributed by atoms with Crippen molar-refractivity contribution in [2.24, 2.45) is 5.16 Å². The van der Waals surface area contributed by atoms with Crippen molar-refractivity contribution < 1.29 is 19.2 Å². The number of hydrogen-bond donors (Lipinski definition) is 0. The van der Waals surface area contributed by atoms with Crippen LogP contribution in [0.25, 0.3) is 0 Å². The van der Waals surface area contributed by atoms with Gasteiger partial charge in [0.2, 0.25) is 0 Å². The Morgan fingerprint density at radius 1 is 1.28 bits per heavy atom. The number of hydrogen-bond acceptors (Lipinski definition) is 6. The molecule has 1 aromatic heterocycles. The van der Waals surface area contributed by atoms with Crippen molar-refractivity contribution in [1.29, 1.82) is 0 Å². The number of carbonyl (C=O) groups is 2. The normalized spacial score (nSPS) is 16.2. The molecule has 0 radical (unpaired) electrons. The van der Waals surface area contributed by atoms with Gasteiger partial charge in [-0.05, 0) is 36.2 Å². The van der Waals surface area contributed by atoms with E-state index < -0.39 is 0 Å². The molecule has 1 aliphatic heterocycles. The zero-order valence-corrected chi connectivity index (χ0v) is 15.1. The molecule has 0 saturated carbocycles. The number of ketones is 1. The molecule has 5 nitrogen and oxygen atoms in total. The van der Waals surface area contributed by atoms with Crippen LogP contribution in [0.2, 0.25) is 4.34 Å². The number of benzene rings is 1. The van der Waals surface area contributed by atoms with Gasteiger partial charge in [-0.3, -0.25) is 4.79 Å². The lowest BCUT2D eigenvalue weighted by molar-refractivity contribution is 0.0600. The number of esters is 1. The van der Waals surface area contributed by atoms with Gasteiger partial charge >= 0.3 is 5.97 Å². The first-order valence-corrected chi connectivity index (χ1v) is 8.96. The molecule has 1 unspecified atom stereocenters. The molecule has 0 amide bonds. The number of Topliss-reactive ketones (excluding diaryl/α,β-unsaturated/α-hetero) is 1. The number of halogens is 1. The maximum absolute atomic E-state index is 12.1. The van der Waals surface area contributed by atoms with Crippen LogP contribution < -0.4 is 0 Å². The van der Waals surface area contributed by atoms with E-state index in [2.05, 4.69) is 9.89 Å². The topological polar surface area (TPSA) is 65.0 Å². The Kier molecular flexibility index (Phi) is 5.50. The SMILES string of the molecule is COC(=O)c1ccc(C2=NOC(CCC(=O)c3ccc(Cl)s3)C2)cc1. The summed E-state index contributed by atoms with van der Waals surface area (Å²) in [6.45, 7) is 0. The molecule has 2 aromatic rings. The summed E-state index contributed by atoms with van der Waals surface area (Å²) in [5.41, 5.74) is 2.20. The van der Waals surface area contributed by atoms with Gasteiger partial charge in [0.15, 0.2) is 5.78 Å². The molecule has 0 bridgehead atoms. The smallest absolute Gasteiger partial charge is 0.337 e. The van der Waals surface area contributed by atoms with Crippen LogP contribution in [0.5, 0.6) is 0 Å². The van der Waals surface area contributed by atoms with Gasteiger partial charge in [0.05, 0.1) is 27.6 Å². The first-order valence-electron chi connectivity index (χ1n) is 7.77. The van der Waals surface area contributed by atoms with Crippen LogP contribution in [0.15, 0.2) is 41.6 Å². The van der Waals surface area contributed by atoms with Gasteiger partial charge in [-0.1, -0.05) is 28.9 Å². The maximum atomic E-state index is 12.1. The van der Waals surface area contributed by atoms with E-state index in [0.717, 1.165) is 11.3 Å². The fourth-order valence-corrected chi connectivity index (χ4v) is 3.56. The molecule has 1 aliphatic rings. The summed E-state index contributed by atoms with van der Waals surface area (Å²) in [5.74, 6) is -0.308. The number of ether oxygens (including phenoxy) is 1. The van der Waals surface area contributed by atoms with Gasteiger partial charge in [-0.15, -0.1) is 11.3 Å². The van der Waals surface area contributed by atoms with E-state index in [9.17, 15) is 9.59 Å². The Hall–Kier alpha value is -2.18. The molecule has 0 spiro atoms. The summed E-state index contributed by atoms with van der Waals surface area (Å²) in [5, 5.41) is 4.11. The van der Waals surface area contributed by atoms with Crippen LogP contribution in [-0.2, 0) is 9.57 Å². The average Bonchev–Trinajstić information content (AvgIpc) is 3.28. The van der Waals surface area contributed by atoms with Crippen molar-refractivity contribution in [3.05, 3.63) is 56.7 Å². The second kappa shape index (κ2) is 7.80. The Balaban J connectivity index is 1.53. The van der Waals surface area contributed by atoms with Crippen LogP contribution in [-0.4, -0.2) is 30.7 Å². The van der Waals surface area contributed by atoms with E-state index in [1.54, 1.807) is 24.3 Å². The standard InChI is InChI=1S/C18H16ClNO4S/c1-23-18(22)12-4-2-11(3-5-12)14-10-13(24-20-14)6-7-15(21)16-8-9-17(19)25-16/h2-5,8-9,13H,6-7,10H2,1H3. The second-order valence-electron chi connectivity index (χ2n) is 5.60. The highest BCUT2D eigenvalue weighted by atomic mass is 35.5. The monoisotopic (exact) mass is 377 g/mol. The average molecular weight is 378 g/mol. The zero-order chi connectivity index (χ0) is 17.8. The van der Waals surface area contributed by atoms with Gasteiger partial charge < -0.3 is 9.57 Å². The van der Waals surface area contributed by atoms with Crippen molar-refractivity contribution in [3.63, 3.8) is 0 Å². The number of thiophene rings is 1. The lowest BCUT2D eigenvalue weighted by atomic mass is 10.0. The van der Waals surface area contributed by atoms with E-state index in [4.69, 9.17) is 16.4 Å². The van der Waals surface area contributed by atoms with E-state index in [0.29, 0.717) is 34.0 Å². The summed E-state index contributed by atoms with van der Waals surface area (Å²) >= 11 is 7.14. The highest BCUT2D eigenvalue weighted by Gasteiger charge is 2.23. The molecule has 7 heteroatoms. The third-order valence-corrected chi connectivity index (χ3v) is 5.19. The van der Waals surface area contributed by atoms with E-state index in [1.165, 1.54) is 18.4 Å². The van der Waals surface area contributed by atoms with Gasteiger partial charge in [-0.25, -0.2) is 4.79 Å². The summed E-state index contributed by atoms with van der Waals surface area (Å²) < 4.78 is 5.29.